The van der Waals surface area contributed by atoms with Gasteiger partial charge in [0.1, 0.15) is 0 Å². The Kier molecular flexibility index (Phi) is 1.64. The fourth-order valence-corrected chi connectivity index (χ4v) is 1.77. The molecule has 0 spiro atoms. The standard InChI is InChI=1S/C7H13NO2/c9-7-5-1-8-2-6(7)4-10-3-5/h5-9H,1-4H2/t5-,6-/m0/s1. The van der Waals surface area contributed by atoms with Crippen molar-refractivity contribution in [3.63, 3.8) is 0 Å². The summed E-state index contributed by atoms with van der Waals surface area (Å²) in [6.07, 6.45) is -0.116. The number of hydrogen-bond acceptors (Lipinski definition) is 3. The Morgan fingerprint density at radius 2 is 1.80 bits per heavy atom. The first-order valence-corrected chi connectivity index (χ1v) is 3.84. The van der Waals surface area contributed by atoms with Gasteiger partial charge in [0.15, 0.2) is 0 Å². The van der Waals surface area contributed by atoms with Gasteiger partial charge < -0.3 is 15.2 Å². The van der Waals surface area contributed by atoms with E-state index >= 15 is 0 Å². The lowest BCUT2D eigenvalue weighted by atomic mass is 9.86. The van der Waals surface area contributed by atoms with Gasteiger partial charge in [-0.1, -0.05) is 0 Å². The molecule has 0 unspecified atom stereocenters. The van der Waals surface area contributed by atoms with Crippen LogP contribution in [0.1, 0.15) is 0 Å². The van der Waals surface area contributed by atoms with Gasteiger partial charge in [-0.2, -0.15) is 0 Å². The fourth-order valence-electron chi connectivity index (χ4n) is 1.77. The van der Waals surface area contributed by atoms with Crippen LogP contribution in [0.5, 0.6) is 0 Å². The third kappa shape index (κ3) is 0.944. The molecule has 0 aromatic carbocycles. The average molecular weight is 143 g/mol. The van der Waals surface area contributed by atoms with Crippen molar-refractivity contribution in [2.75, 3.05) is 26.3 Å². The Morgan fingerprint density at radius 1 is 1.20 bits per heavy atom. The van der Waals surface area contributed by atoms with Gasteiger partial charge in [-0.3, -0.25) is 0 Å². The molecule has 2 aliphatic rings. The molecule has 0 aliphatic carbocycles. The van der Waals surface area contributed by atoms with Crippen LogP contribution in [0, 0.1) is 11.8 Å². The zero-order valence-electron chi connectivity index (χ0n) is 5.92. The van der Waals surface area contributed by atoms with Gasteiger partial charge in [0.25, 0.3) is 0 Å². The van der Waals surface area contributed by atoms with Crippen molar-refractivity contribution in [1.29, 1.82) is 0 Å². The largest absolute Gasteiger partial charge is 0.392 e. The highest BCUT2D eigenvalue weighted by molar-refractivity contribution is 4.87. The molecule has 2 rings (SSSR count). The number of ether oxygens (including phenoxy) is 1. The van der Waals surface area contributed by atoms with Gasteiger partial charge in [0.2, 0.25) is 0 Å². The van der Waals surface area contributed by atoms with Crippen LogP contribution in [0.4, 0.5) is 0 Å². The second-order valence-electron chi connectivity index (χ2n) is 3.21. The van der Waals surface area contributed by atoms with Crippen molar-refractivity contribution in [2.24, 2.45) is 11.8 Å². The Hall–Kier alpha value is -0.120. The van der Waals surface area contributed by atoms with Crippen molar-refractivity contribution in [3.8, 4) is 0 Å². The highest BCUT2D eigenvalue weighted by Crippen LogP contribution is 2.22. The van der Waals surface area contributed by atoms with Crippen LogP contribution in [0.2, 0.25) is 0 Å². The molecular weight excluding hydrogens is 130 g/mol. The summed E-state index contributed by atoms with van der Waals surface area (Å²) in [6.45, 7) is 3.28. The Bertz CT molecular complexity index is 107. The van der Waals surface area contributed by atoms with E-state index in [0.29, 0.717) is 11.8 Å². The lowest BCUT2D eigenvalue weighted by Gasteiger charge is -2.39. The normalized spacial score (nSPS) is 47.1. The van der Waals surface area contributed by atoms with E-state index in [9.17, 15) is 5.11 Å². The van der Waals surface area contributed by atoms with Gasteiger partial charge in [-0.25, -0.2) is 0 Å². The molecule has 0 aromatic heterocycles. The summed E-state index contributed by atoms with van der Waals surface area (Å²) in [7, 11) is 0. The molecule has 2 bridgehead atoms. The number of aliphatic hydroxyl groups excluding tert-OH is 1. The molecule has 0 aromatic rings. The molecule has 0 amide bonds. The fraction of sp³-hybridized carbons (Fsp3) is 1.00. The first kappa shape index (κ1) is 6.58. The van der Waals surface area contributed by atoms with Crippen LogP contribution in [-0.4, -0.2) is 37.5 Å². The summed E-state index contributed by atoms with van der Waals surface area (Å²) in [5, 5.41) is 12.8. The topological polar surface area (TPSA) is 41.5 Å². The third-order valence-electron chi connectivity index (χ3n) is 2.44. The number of hydrogen-bond donors (Lipinski definition) is 2. The molecule has 2 atom stereocenters. The van der Waals surface area contributed by atoms with Crippen molar-refractivity contribution in [2.45, 2.75) is 6.10 Å². The monoisotopic (exact) mass is 143 g/mol. The molecule has 3 nitrogen and oxygen atoms in total. The number of aliphatic hydroxyl groups is 1. The summed E-state index contributed by atoms with van der Waals surface area (Å²) in [5.41, 5.74) is 0. The Morgan fingerprint density at radius 3 is 2.30 bits per heavy atom. The second-order valence-corrected chi connectivity index (χ2v) is 3.21. The highest BCUT2D eigenvalue weighted by Gasteiger charge is 2.35. The first-order valence-electron chi connectivity index (χ1n) is 3.84. The predicted octanol–water partition coefficient (Wildman–Crippen LogP) is -0.787. The predicted molar refractivity (Wildman–Crippen MR) is 36.7 cm³/mol. The van der Waals surface area contributed by atoms with Crippen molar-refractivity contribution in [1.82, 2.24) is 5.32 Å². The zero-order chi connectivity index (χ0) is 6.97. The van der Waals surface area contributed by atoms with E-state index in [1.54, 1.807) is 0 Å². The van der Waals surface area contributed by atoms with Crippen molar-refractivity contribution >= 4 is 0 Å². The van der Waals surface area contributed by atoms with Gasteiger partial charge in [-0.05, 0) is 0 Å². The van der Waals surface area contributed by atoms with Crippen LogP contribution in [0.25, 0.3) is 0 Å². The van der Waals surface area contributed by atoms with Crippen molar-refractivity contribution in [3.05, 3.63) is 0 Å². The van der Waals surface area contributed by atoms with Gasteiger partial charge in [0.05, 0.1) is 19.3 Å². The van der Waals surface area contributed by atoms with Crippen LogP contribution in [0.15, 0.2) is 0 Å². The van der Waals surface area contributed by atoms with E-state index in [2.05, 4.69) is 5.32 Å². The molecule has 0 radical (unpaired) electrons. The summed E-state index contributed by atoms with van der Waals surface area (Å²) in [5.74, 6) is 0.681. The smallest absolute Gasteiger partial charge is 0.0664 e. The van der Waals surface area contributed by atoms with Crippen LogP contribution >= 0.6 is 0 Å². The average Bonchev–Trinajstić information content (AvgIpc) is 1.86. The number of piperidine rings is 1. The molecule has 2 fully saturated rings. The summed E-state index contributed by atoms with van der Waals surface area (Å²) in [4.78, 5) is 0. The second kappa shape index (κ2) is 2.49. The maximum atomic E-state index is 9.57. The number of nitrogens with one attached hydrogen (secondary N) is 1. The lowest BCUT2D eigenvalue weighted by molar-refractivity contribution is -0.0935. The molecule has 10 heavy (non-hydrogen) atoms. The Labute approximate surface area is 60.4 Å². The highest BCUT2D eigenvalue weighted by atomic mass is 16.5. The van der Waals surface area contributed by atoms with Gasteiger partial charge >= 0.3 is 0 Å². The van der Waals surface area contributed by atoms with Crippen LogP contribution in [0.3, 0.4) is 0 Å². The van der Waals surface area contributed by atoms with E-state index < -0.39 is 0 Å². The summed E-state index contributed by atoms with van der Waals surface area (Å²) >= 11 is 0. The van der Waals surface area contributed by atoms with E-state index in [-0.39, 0.29) is 6.10 Å². The molecule has 2 heterocycles. The van der Waals surface area contributed by atoms with Crippen LogP contribution < -0.4 is 5.32 Å². The van der Waals surface area contributed by atoms with E-state index in [1.165, 1.54) is 0 Å². The van der Waals surface area contributed by atoms with E-state index in [4.69, 9.17) is 4.74 Å². The molecule has 58 valence electrons. The third-order valence-corrected chi connectivity index (χ3v) is 2.44. The summed E-state index contributed by atoms with van der Waals surface area (Å²) < 4.78 is 5.31. The number of rotatable bonds is 0. The minimum Gasteiger partial charge on any atom is -0.392 e. The Balaban J connectivity index is 2.05. The molecule has 3 heteroatoms. The van der Waals surface area contributed by atoms with Gasteiger partial charge in [-0.15, -0.1) is 0 Å². The maximum absolute atomic E-state index is 9.57. The van der Waals surface area contributed by atoms with E-state index in [0.717, 1.165) is 26.3 Å². The number of fused-ring (bicyclic) bond motifs is 2. The SMILES string of the molecule is OC1[C@H]2CNC[C@H]1COC2. The maximum Gasteiger partial charge on any atom is 0.0664 e. The minimum absolute atomic E-state index is 0.116. The molecular formula is C7H13NO2. The molecule has 2 aliphatic heterocycles. The minimum atomic E-state index is -0.116. The van der Waals surface area contributed by atoms with Crippen LogP contribution in [-0.2, 0) is 4.74 Å². The molecule has 2 saturated heterocycles. The molecule has 0 saturated carbocycles. The quantitative estimate of drug-likeness (QED) is 0.467. The molecule has 2 N–H and O–H groups in total. The van der Waals surface area contributed by atoms with E-state index in [1.807, 2.05) is 0 Å². The zero-order valence-corrected chi connectivity index (χ0v) is 5.92. The van der Waals surface area contributed by atoms with Gasteiger partial charge in [0, 0.05) is 24.9 Å². The first-order chi connectivity index (χ1) is 4.88. The lowest BCUT2D eigenvalue weighted by Crippen LogP contribution is -2.53. The summed E-state index contributed by atoms with van der Waals surface area (Å²) in [6, 6.07) is 0. The van der Waals surface area contributed by atoms with Crippen molar-refractivity contribution < 1.29 is 9.84 Å².